The van der Waals surface area contributed by atoms with Gasteiger partial charge in [-0.25, -0.2) is 0 Å². The number of likely N-dealkylation sites (tertiary alicyclic amines) is 1. The predicted molar refractivity (Wildman–Crippen MR) is 92.5 cm³/mol. The quantitative estimate of drug-likeness (QED) is 0.861. The van der Waals surface area contributed by atoms with Gasteiger partial charge in [0.2, 0.25) is 5.91 Å². The van der Waals surface area contributed by atoms with Gasteiger partial charge in [0.1, 0.15) is 0 Å². The highest BCUT2D eigenvalue weighted by Gasteiger charge is 2.22. The van der Waals surface area contributed by atoms with Crippen LogP contribution in [0.25, 0.3) is 0 Å². The van der Waals surface area contributed by atoms with Crippen LogP contribution in [0.2, 0.25) is 10.0 Å². The molecule has 0 aliphatic carbocycles. The molecule has 0 saturated carbocycles. The molecule has 1 atom stereocenters. The van der Waals surface area contributed by atoms with Crippen molar-refractivity contribution in [2.75, 3.05) is 25.0 Å². The second-order valence-corrected chi connectivity index (χ2v) is 6.80. The van der Waals surface area contributed by atoms with Crippen molar-refractivity contribution in [3.63, 3.8) is 0 Å². The Bertz CT molecular complexity index is 514. The Labute approximate surface area is 141 Å². The van der Waals surface area contributed by atoms with Gasteiger partial charge in [-0.2, -0.15) is 0 Å². The molecular weight excluding hydrogens is 321 g/mol. The monoisotopic (exact) mass is 343 g/mol. The molecule has 4 nitrogen and oxygen atoms in total. The Balaban J connectivity index is 1.75. The zero-order chi connectivity index (χ0) is 16.1. The van der Waals surface area contributed by atoms with Gasteiger partial charge in [-0.1, -0.05) is 23.2 Å². The largest absolute Gasteiger partial charge is 0.328 e. The fourth-order valence-corrected chi connectivity index (χ4v) is 3.10. The van der Waals surface area contributed by atoms with E-state index in [1.165, 1.54) is 0 Å². The number of carbonyl (C=O) groups is 1. The van der Waals surface area contributed by atoms with Gasteiger partial charge in [-0.3, -0.25) is 4.79 Å². The number of hydrogen-bond acceptors (Lipinski definition) is 3. The summed E-state index contributed by atoms with van der Waals surface area (Å²) >= 11 is 11.9. The van der Waals surface area contributed by atoms with Crippen LogP contribution in [0.15, 0.2) is 18.2 Å². The van der Waals surface area contributed by atoms with E-state index in [1.54, 1.807) is 18.2 Å². The Kier molecular flexibility index (Phi) is 6.50. The van der Waals surface area contributed by atoms with E-state index in [0.717, 1.165) is 32.5 Å². The van der Waals surface area contributed by atoms with Gasteiger partial charge >= 0.3 is 0 Å². The van der Waals surface area contributed by atoms with E-state index < -0.39 is 0 Å². The van der Waals surface area contributed by atoms with Crippen LogP contribution < -0.4 is 11.1 Å². The smallest absolute Gasteiger partial charge is 0.225 e. The molecular formula is C16H23Cl2N3O. The first-order valence-corrected chi connectivity index (χ1v) is 8.44. The van der Waals surface area contributed by atoms with Gasteiger partial charge in [0, 0.05) is 24.0 Å². The molecule has 1 heterocycles. The molecule has 1 amide bonds. The topological polar surface area (TPSA) is 58.4 Å². The Hall–Kier alpha value is -0.810. The standard InChI is InChI=1S/C16H23Cl2N3O/c1-11(19)12-4-7-21(8-5-12)9-6-16(22)20-15-10-13(17)2-3-14(15)18/h2-3,10-12H,4-9,19H2,1H3,(H,20,22). The van der Waals surface area contributed by atoms with Crippen LogP contribution in [0.5, 0.6) is 0 Å². The number of anilines is 1. The predicted octanol–water partition coefficient (Wildman–Crippen LogP) is 3.38. The average Bonchev–Trinajstić information content (AvgIpc) is 2.49. The van der Waals surface area contributed by atoms with Gasteiger partial charge in [0.15, 0.2) is 0 Å². The molecule has 1 aromatic rings. The summed E-state index contributed by atoms with van der Waals surface area (Å²) in [6.45, 7) is 4.85. The molecule has 122 valence electrons. The van der Waals surface area contributed by atoms with Gasteiger partial charge in [0.25, 0.3) is 0 Å². The highest BCUT2D eigenvalue weighted by molar-refractivity contribution is 6.35. The van der Waals surface area contributed by atoms with Crippen molar-refractivity contribution in [3.05, 3.63) is 28.2 Å². The summed E-state index contributed by atoms with van der Waals surface area (Å²) < 4.78 is 0. The molecule has 1 saturated heterocycles. The number of benzene rings is 1. The van der Waals surface area contributed by atoms with Gasteiger partial charge in [-0.05, 0) is 57.0 Å². The summed E-state index contributed by atoms with van der Waals surface area (Å²) in [5, 5.41) is 3.86. The van der Waals surface area contributed by atoms with Crippen LogP contribution >= 0.6 is 23.2 Å². The number of amides is 1. The summed E-state index contributed by atoms with van der Waals surface area (Å²) in [6, 6.07) is 5.30. The SMILES string of the molecule is CC(N)C1CCN(CCC(=O)Nc2cc(Cl)ccc2Cl)CC1. The van der Waals surface area contributed by atoms with Crippen LogP contribution in [0.3, 0.4) is 0 Å². The Morgan fingerprint density at radius 1 is 1.41 bits per heavy atom. The summed E-state index contributed by atoms with van der Waals surface area (Å²) in [7, 11) is 0. The van der Waals surface area contributed by atoms with Gasteiger partial charge in [0.05, 0.1) is 10.7 Å². The van der Waals surface area contributed by atoms with Crippen molar-refractivity contribution in [1.82, 2.24) is 4.90 Å². The fourth-order valence-electron chi connectivity index (χ4n) is 2.77. The van der Waals surface area contributed by atoms with Crippen LogP contribution in [0.1, 0.15) is 26.2 Å². The van der Waals surface area contributed by atoms with E-state index >= 15 is 0 Å². The van der Waals surface area contributed by atoms with E-state index in [9.17, 15) is 4.79 Å². The zero-order valence-corrected chi connectivity index (χ0v) is 14.3. The van der Waals surface area contributed by atoms with E-state index in [1.807, 2.05) is 0 Å². The lowest BCUT2D eigenvalue weighted by atomic mass is 9.91. The lowest BCUT2D eigenvalue weighted by Gasteiger charge is -2.33. The van der Waals surface area contributed by atoms with Crippen molar-refractivity contribution in [1.29, 1.82) is 0 Å². The highest BCUT2D eigenvalue weighted by Crippen LogP contribution is 2.25. The summed E-state index contributed by atoms with van der Waals surface area (Å²) in [5.74, 6) is 0.564. The number of nitrogens with zero attached hydrogens (tertiary/aromatic N) is 1. The highest BCUT2D eigenvalue weighted by atomic mass is 35.5. The van der Waals surface area contributed by atoms with Crippen LogP contribution in [-0.2, 0) is 4.79 Å². The lowest BCUT2D eigenvalue weighted by molar-refractivity contribution is -0.116. The maximum atomic E-state index is 12.0. The zero-order valence-electron chi connectivity index (χ0n) is 12.8. The first-order valence-electron chi connectivity index (χ1n) is 7.68. The number of piperidine rings is 1. The molecule has 0 bridgehead atoms. The van der Waals surface area contributed by atoms with Crippen LogP contribution in [0, 0.1) is 5.92 Å². The third-order valence-electron chi connectivity index (χ3n) is 4.23. The van der Waals surface area contributed by atoms with E-state index in [-0.39, 0.29) is 11.9 Å². The summed E-state index contributed by atoms with van der Waals surface area (Å²) in [4.78, 5) is 14.3. The summed E-state index contributed by atoms with van der Waals surface area (Å²) in [5.41, 5.74) is 6.51. The third-order valence-corrected chi connectivity index (χ3v) is 4.80. The molecule has 2 rings (SSSR count). The van der Waals surface area contributed by atoms with Crippen LogP contribution in [0.4, 0.5) is 5.69 Å². The van der Waals surface area contributed by atoms with Crippen LogP contribution in [-0.4, -0.2) is 36.5 Å². The average molecular weight is 344 g/mol. The second-order valence-electron chi connectivity index (χ2n) is 5.96. The molecule has 1 unspecified atom stereocenters. The molecule has 1 fully saturated rings. The molecule has 1 aromatic carbocycles. The minimum Gasteiger partial charge on any atom is -0.328 e. The molecule has 0 aromatic heterocycles. The van der Waals surface area contributed by atoms with Crippen molar-refractivity contribution >= 4 is 34.8 Å². The van der Waals surface area contributed by atoms with Crippen molar-refractivity contribution < 1.29 is 4.79 Å². The second kappa shape index (κ2) is 8.16. The first-order chi connectivity index (χ1) is 10.5. The van der Waals surface area contributed by atoms with Crippen molar-refractivity contribution in [2.24, 2.45) is 11.7 Å². The van der Waals surface area contributed by atoms with Gasteiger partial charge in [-0.15, -0.1) is 0 Å². The Morgan fingerprint density at radius 3 is 2.73 bits per heavy atom. The maximum Gasteiger partial charge on any atom is 0.225 e. The number of nitrogens with one attached hydrogen (secondary N) is 1. The molecule has 1 aliphatic heterocycles. The minimum atomic E-state index is -0.0431. The number of carbonyl (C=O) groups excluding carboxylic acids is 1. The van der Waals surface area contributed by atoms with Crippen molar-refractivity contribution in [2.45, 2.75) is 32.2 Å². The Morgan fingerprint density at radius 2 is 2.09 bits per heavy atom. The molecule has 1 aliphatic rings. The molecule has 3 N–H and O–H groups in total. The first kappa shape index (κ1) is 17.5. The molecule has 6 heteroatoms. The van der Waals surface area contributed by atoms with E-state index in [2.05, 4.69) is 17.1 Å². The van der Waals surface area contributed by atoms with E-state index in [4.69, 9.17) is 28.9 Å². The van der Waals surface area contributed by atoms with Gasteiger partial charge < -0.3 is 16.0 Å². The van der Waals surface area contributed by atoms with E-state index in [0.29, 0.717) is 28.1 Å². The lowest BCUT2D eigenvalue weighted by Crippen LogP contribution is -2.40. The number of rotatable bonds is 5. The summed E-state index contributed by atoms with van der Waals surface area (Å²) in [6.07, 6.45) is 2.67. The normalized spacial score (nSPS) is 18.2. The number of nitrogens with two attached hydrogens (primary N) is 1. The maximum absolute atomic E-state index is 12.0. The number of halogens is 2. The molecule has 22 heavy (non-hydrogen) atoms. The molecule has 0 radical (unpaired) electrons. The number of hydrogen-bond donors (Lipinski definition) is 2. The van der Waals surface area contributed by atoms with Crippen molar-refractivity contribution in [3.8, 4) is 0 Å². The minimum absolute atomic E-state index is 0.0431. The molecule has 0 spiro atoms. The third kappa shape index (κ3) is 5.13. The fraction of sp³-hybridized carbons (Fsp3) is 0.562.